The summed E-state index contributed by atoms with van der Waals surface area (Å²) in [6.45, 7) is 0.946. The third kappa shape index (κ3) is 4.29. The van der Waals surface area contributed by atoms with Crippen molar-refractivity contribution in [3.63, 3.8) is 0 Å². The molecule has 0 radical (unpaired) electrons. The van der Waals surface area contributed by atoms with Gasteiger partial charge in [-0.25, -0.2) is 9.18 Å². The molecule has 1 saturated heterocycles. The lowest BCUT2D eigenvalue weighted by atomic mass is 9.84. The normalized spacial score (nSPS) is 24.7. The van der Waals surface area contributed by atoms with Crippen LogP contribution in [0.1, 0.15) is 73.2 Å². The van der Waals surface area contributed by atoms with Crippen LogP contribution < -0.4 is 4.74 Å². The minimum atomic E-state index is -4.22. The Morgan fingerprint density at radius 1 is 1.17 bits per heavy atom. The second-order valence-corrected chi connectivity index (χ2v) is 9.05. The molecular weight excluding hydrogens is 402 g/mol. The zero-order chi connectivity index (χ0) is 21.5. The van der Waals surface area contributed by atoms with Gasteiger partial charge in [0.15, 0.2) is 0 Å². The predicted octanol–water partition coefficient (Wildman–Crippen LogP) is 5.37. The van der Waals surface area contributed by atoms with Gasteiger partial charge >= 0.3 is 12.1 Å². The summed E-state index contributed by atoms with van der Waals surface area (Å²) in [5.41, 5.74) is -1.32. The third-order valence-corrected chi connectivity index (χ3v) is 6.79. The lowest BCUT2D eigenvalue weighted by Gasteiger charge is -2.40. The molecule has 3 aliphatic rings. The molecule has 0 bridgehead atoms. The van der Waals surface area contributed by atoms with Gasteiger partial charge in [0.05, 0.1) is 11.0 Å². The van der Waals surface area contributed by atoms with Crippen LogP contribution in [0.2, 0.25) is 0 Å². The number of ether oxygens (including phenoxy) is 1. The molecule has 8 heteroatoms. The Balaban J connectivity index is 1.48. The van der Waals surface area contributed by atoms with Gasteiger partial charge in [-0.3, -0.25) is 4.90 Å². The predicted molar refractivity (Wildman–Crippen MR) is 102 cm³/mol. The SMILES string of the molecule is O=C(O)c1cc(C2CC2)c(OC2CCCN(CC3(C(F)(F)F)CCCC3)C2)cc1F. The highest BCUT2D eigenvalue weighted by molar-refractivity contribution is 5.88. The Labute approximate surface area is 173 Å². The summed E-state index contributed by atoms with van der Waals surface area (Å²) in [6, 6.07) is 2.48. The zero-order valence-corrected chi connectivity index (χ0v) is 16.8. The van der Waals surface area contributed by atoms with E-state index in [1.165, 1.54) is 6.07 Å². The molecular formula is C22H27F4NO3. The minimum absolute atomic E-state index is 0.0157. The number of piperidine rings is 1. The molecule has 1 atom stereocenters. The summed E-state index contributed by atoms with van der Waals surface area (Å²) in [5, 5.41) is 9.19. The summed E-state index contributed by atoms with van der Waals surface area (Å²) < 4.78 is 61.6. The molecule has 4 rings (SSSR count). The molecule has 2 saturated carbocycles. The van der Waals surface area contributed by atoms with Crippen molar-refractivity contribution >= 4 is 5.97 Å². The van der Waals surface area contributed by atoms with E-state index in [0.29, 0.717) is 50.1 Å². The van der Waals surface area contributed by atoms with Gasteiger partial charge in [-0.05, 0) is 62.6 Å². The number of carboxylic acid groups (broad SMARTS) is 1. The number of hydrogen-bond donors (Lipinski definition) is 1. The van der Waals surface area contributed by atoms with E-state index in [4.69, 9.17) is 4.74 Å². The largest absolute Gasteiger partial charge is 0.489 e. The Hall–Kier alpha value is -1.83. The zero-order valence-electron chi connectivity index (χ0n) is 16.8. The average molecular weight is 429 g/mol. The van der Waals surface area contributed by atoms with Crippen LogP contribution in [-0.2, 0) is 0 Å². The van der Waals surface area contributed by atoms with Gasteiger partial charge in [0.2, 0.25) is 0 Å². The van der Waals surface area contributed by atoms with E-state index in [2.05, 4.69) is 0 Å². The van der Waals surface area contributed by atoms with Gasteiger partial charge in [-0.15, -0.1) is 0 Å². The highest BCUT2D eigenvalue weighted by atomic mass is 19.4. The quantitative estimate of drug-likeness (QED) is 0.618. The van der Waals surface area contributed by atoms with Crippen molar-refractivity contribution in [2.24, 2.45) is 5.41 Å². The van der Waals surface area contributed by atoms with Crippen molar-refractivity contribution in [2.75, 3.05) is 19.6 Å². The fraction of sp³-hybridized carbons (Fsp3) is 0.682. The summed E-state index contributed by atoms with van der Waals surface area (Å²) in [4.78, 5) is 13.1. The molecule has 1 aromatic carbocycles. The van der Waals surface area contributed by atoms with E-state index >= 15 is 0 Å². The van der Waals surface area contributed by atoms with Crippen LogP contribution in [-0.4, -0.2) is 47.9 Å². The standard InChI is InChI=1S/C22H27F4NO3/c23-18-11-19(16(14-5-6-14)10-17(18)20(28)29)30-15-4-3-9-27(12-15)13-21(22(24,25)26)7-1-2-8-21/h10-11,14-15H,1-9,12-13H2,(H,28,29). The minimum Gasteiger partial charge on any atom is -0.489 e. The highest BCUT2D eigenvalue weighted by Crippen LogP contribution is 2.51. The van der Waals surface area contributed by atoms with Crippen LogP contribution in [0.15, 0.2) is 12.1 Å². The van der Waals surface area contributed by atoms with Gasteiger partial charge in [0.1, 0.15) is 17.7 Å². The van der Waals surface area contributed by atoms with E-state index in [1.807, 2.05) is 4.90 Å². The van der Waals surface area contributed by atoms with Crippen molar-refractivity contribution < 1.29 is 32.2 Å². The van der Waals surface area contributed by atoms with Gasteiger partial charge < -0.3 is 9.84 Å². The molecule has 0 aromatic heterocycles. The fourth-order valence-electron chi connectivity index (χ4n) is 4.99. The Bertz CT molecular complexity index is 800. The van der Waals surface area contributed by atoms with Crippen molar-refractivity contribution in [3.05, 3.63) is 29.1 Å². The molecule has 1 unspecified atom stereocenters. The van der Waals surface area contributed by atoms with E-state index in [1.54, 1.807) is 0 Å². The van der Waals surface area contributed by atoms with Crippen molar-refractivity contribution in [1.82, 2.24) is 4.90 Å². The maximum Gasteiger partial charge on any atom is 0.395 e. The number of carboxylic acids is 1. The smallest absolute Gasteiger partial charge is 0.395 e. The Morgan fingerprint density at radius 2 is 1.87 bits per heavy atom. The molecule has 2 aliphatic carbocycles. The summed E-state index contributed by atoms with van der Waals surface area (Å²) in [5.74, 6) is -1.68. The van der Waals surface area contributed by atoms with E-state index in [9.17, 15) is 27.5 Å². The number of carbonyl (C=O) groups is 1. The van der Waals surface area contributed by atoms with Crippen LogP contribution in [0.3, 0.4) is 0 Å². The highest BCUT2D eigenvalue weighted by Gasteiger charge is 2.56. The van der Waals surface area contributed by atoms with E-state index in [-0.39, 0.29) is 37.0 Å². The third-order valence-electron chi connectivity index (χ3n) is 6.79. The first-order valence-corrected chi connectivity index (χ1v) is 10.7. The van der Waals surface area contributed by atoms with Gasteiger partial charge in [-0.1, -0.05) is 12.8 Å². The second-order valence-electron chi connectivity index (χ2n) is 9.05. The number of aromatic carboxylic acids is 1. The van der Waals surface area contributed by atoms with Crippen molar-refractivity contribution in [1.29, 1.82) is 0 Å². The molecule has 4 nitrogen and oxygen atoms in total. The first-order chi connectivity index (χ1) is 14.2. The lowest BCUT2D eigenvalue weighted by Crippen LogP contribution is -2.50. The maximum absolute atomic E-state index is 14.3. The number of rotatable bonds is 6. The van der Waals surface area contributed by atoms with Crippen LogP contribution in [0.5, 0.6) is 5.75 Å². The van der Waals surface area contributed by atoms with Gasteiger partial charge in [0, 0.05) is 19.2 Å². The van der Waals surface area contributed by atoms with Crippen molar-refractivity contribution in [3.8, 4) is 5.75 Å². The molecule has 1 aromatic rings. The summed E-state index contributed by atoms with van der Waals surface area (Å²) in [6.07, 6.45) is 0.191. The van der Waals surface area contributed by atoms with Gasteiger partial charge in [0.25, 0.3) is 0 Å². The monoisotopic (exact) mass is 429 g/mol. The molecule has 3 fully saturated rings. The number of hydrogen-bond acceptors (Lipinski definition) is 3. The number of likely N-dealkylation sites (tertiary alicyclic amines) is 1. The second kappa shape index (κ2) is 8.02. The number of benzene rings is 1. The molecule has 30 heavy (non-hydrogen) atoms. The van der Waals surface area contributed by atoms with E-state index < -0.39 is 23.4 Å². The maximum atomic E-state index is 14.3. The summed E-state index contributed by atoms with van der Waals surface area (Å²) in [7, 11) is 0. The molecule has 0 amide bonds. The number of nitrogens with zero attached hydrogens (tertiary/aromatic N) is 1. The van der Waals surface area contributed by atoms with Crippen molar-refractivity contribution in [2.45, 2.75) is 69.6 Å². The average Bonchev–Trinajstić information content (AvgIpc) is 3.39. The lowest BCUT2D eigenvalue weighted by molar-refractivity contribution is -0.229. The van der Waals surface area contributed by atoms with Gasteiger partial charge in [-0.2, -0.15) is 13.2 Å². The molecule has 1 aliphatic heterocycles. The molecule has 0 spiro atoms. The first-order valence-electron chi connectivity index (χ1n) is 10.7. The van der Waals surface area contributed by atoms with Crippen LogP contribution >= 0.6 is 0 Å². The molecule has 1 N–H and O–H groups in total. The topological polar surface area (TPSA) is 49.8 Å². The summed E-state index contributed by atoms with van der Waals surface area (Å²) >= 11 is 0. The van der Waals surface area contributed by atoms with Crippen LogP contribution in [0, 0.1) is 11.2 Å². The first kappa shape index (κ1) is 21.4. The Morgan fingerprint density at radius 3 is 2.47 bits per heavy atom. The molecule has 1 heterocycles. The number of halogens is 4. The fourth-order valence-corrected chi connectivity index (χ4v) is 4.99. The van der Waals surface area contributed by atoms with E-state index in [0.717, 1.165) is 18.9 Å². The van der Waals surface area contributed by atoms with Crippen LogP contribution in [0.25, 0.3) is 0 Å². The Kier molecular flexibility index (Phi) is 5.72. The number of alkyl halides is 3. The van der Waals surface area contributed by atoms with Crippen LogP contribution in [0.4, 0.5) is 17.6 Å². The molecule has 166 valence electrons.